The lowest BCUT2D eigenvalue weighted by Crippen LogP contribution is -2.16. The van der Waals surface area contributed by atoms with Gasteiger partial charge in [-0.15, -0.1) is 0 Å². The number of hydrogen-bond acceptors (Lipinski definition) is 1. The van der Waals surface area contributed by atoms with Crippen LogP contribution in [0.4, 0.5) is 0 Å². The molecule has 1 heterocycles. The molecule has 0 amide bonds. The third-order valence-electron chi connectivity index (χ3n) is 2.37. The molecule has 0 atom stereocenters. The van der Waals surface area contributed by atoms with Gasteiger partial charge in [-0.1, -0.05) is 12.1 Å². The first kappa shape index (κ1) is 9.46. The summed E-state index contributed by atoms with van der Waals surface area (Å²) >= 11 is 3.47. The number of halogens is 1. The molecule has 3 heteroatoms. The summed E-state index contributed by atoms with van der Waals surface area (Å²) in [5.41, 5.74) is 1.17. The smallest absolute Gasteiger partial charge is 0.258 e. The molecule has 0 saturated carbocycles. The molecule has 0 spiro atoms. The van der Waals surface area contributed by atoms with E-state index in [9.17, 15) is 4.79 Å². The summed E-state index contributed by atoms with van der Waals surface area (Å²) in [5, 5.41) is 1.78. The minimum absolute atomic E-state index is 0.0481. The molecule has 0 aliphatic carbocycles. The number of benzene rings is 1. The highest BCUT2D eigenvalue weighted by Crippen LogP contribution is 2.23. The van der Waals surface area contributed by atoms with E-state index >= 15 is 0 Å². The minimum Gasteiger partial charge on any atom is -0.317 e. The largest absolute Gasteiger partial charge is 0.317 e. The van der Waals surface area contributed by atoms with Crippen LogP contribution in [0.25, 0.3) is 10.8 Å². The van der Waals surface area contributed by atoms with Crippen LogP contribution in [-0.2, 0) is 7.05 Å². The van der Waals surface area contributed by atoms with Crippen molar-refractivity contribution in [1.82, 2.24) is 4.57 Å². The van der Waals surface area contributed by atoms with E-state index in [-0.39, 0.29) is 5.56 Å². The summed E-state index contributed by atoms with van der Waals surface area (Å²) in [6, 6.07) is 5.77. The topological polar surface area (TPSA) is 22.0 Å². The highest BCUT2D eigenvalue weighted by molar-refractivity contribution is 9.10. The fraction of sp³-hybridized carbons (Fsp3) is 0.182. The molecule has 0 bridgehead atoms. The average Bonchev–Trinajstić information content (AvgIpc) is 2.14. The van der Waals surface area contributed by atoms with Crippen molar-refractivity contribution < 1.29 is 0 Å². The zero-order valence-corrected chi connectivity index (χ0v) is 9.63. The maximum Gasteiger partial charge on any atom is 0.258 e. The third kappa shape index (κ3) is 1.28. The number of aryl methyl sites for hydroxylation is 2. The van der Waals surface area contributed by atoms with Gasteiger partial charge in [0.1, 0.15) is 0 Å². The van der Waals surface area contributed by atoms with Crippen LogP contribution in [0.3, 0.4) is 0 Å². The average molecular weight is 252 g/mol. The standard InChI is InChI=1S/C11H10BrNO/c1-7-4-3-5-8-10(7)9(12)6-13(2)11(8)14/h3-6H,1-2H3. The van der Waals surface area contributed by atoms with Gasteiger partial charge in [-0.25, -0.2) is 0 Å². The first-order chi connectivity index (χ1) is 6.61. The van der Waals surface area contributed by atoms with Gasteiger partial charge < -0.3 is 4.57 Å². The van der Waals surface area contributed by atoms with Gasteiger partial charge in [0.2, 0.25) is 0 Å². The number of pyridine rings is 1. The van der Waals surface area contributed by atoms with Gasteiger partial charge in [0.25, 0.3) is 5.56 Å². The molecule has 2 nitrogen and oxygen atoms in total. The normalized spacial score (nSPS) is 10.8. The molecule has 0 saturated heterocycles. The molecule has 14 heavy (non-hydrogen) atoms. The lowest BCUT2D eigenvalue weighted by molar-refractivity contribution is 0.869. The summed E-state index contributed by atoms with van der Waals surface area (Å²) in [6.07, 6.45) is 1.80. The predicted molar refractivity (Wildman–Crippen MR) is 61.6 cm³/mol. The van der Waals surface area contributed by atoms with Crippen LogP contribution in [0.5, 0.6) is 0 Å². The zero-order chi connectivity index (χ0) is 10.3. The summed E-state index contributed by atoms with van der Waals surface area (Å²) in [5.74, 6) is 0. The van der Waals surface area contributed by atoms with E-state index < -0.39 is 0 Å². The van der Waals surface area contributed by atoms with Crippen molar-refractivity contribution in [2.45, 2.75) is 6.92 Å². The first-order valence-electron chi connectivity index (χ1n) is 4.35. The molecular formula is C11H10BrNO. The van der Waals surface area contributed by atoms with Gasteiger partial charge in [0.15, 0.2) is 0 Å². The molecule has 1 aromatic heterocycles. The minimum atomic E-state index is 0.0481. The van der Waals surface area contributed by atoms with Gasteiger partial charge in [-0.2, -0.15) is 0 Å². The Kier molecular flexibility index (Phi) is 2.19. The summed E-state index contributed by atoms with van der Waals surface area (Å²) in [7, 11) is 1.76. The Morgan fingerprint density at radius 1 is 1.36 bits per heavy atom. The highest BCUT2D eigenvalue weighted by Gasteiger charge is 2.06. The zero-order valence-electron chi connectivity index (χ0n) is 8.04. The van der Waals surface area contributed by atoms with E-state index in [1.165, 1.54) is 0 Å². The Labute approximate surface area is 90.3 Å². The molecule has 0 N–H and O–H groups in total. The molecule has 72 valence electrons. The van der Waals surface area contributed by atoms with Crippen LogP contribution in [0.2, 0.25) is 0 Å². The van der Waals surface area contributed by atoms with Crippen LogP contribution in [0.15, 0.2) is 33.7 Å². The number of nitrogens with zero attached hydrogens (tertiary/aromatic N) is 1. The summed E-state index contributed by atoms with van der Waals surface area (Å²) in [4.78, 5) is 11.8. The van der Waals surface area contributed by atoms with Crippen LogP contribution in [0.1, 0.15) is 5.56 Å². The second kappa shape index (κ2) is 3.24. The summed E-state index contributed by atoms with van der Waals surface area (Å²) in [6.45, 7) is 2.01. The van der Waals surface area contributed by atoms with E-state index in [2.05, 4.69) is 15.9 Å². The lowest BCUT2D eigenvalue weighted by Gasteiger charge is -2.06. The van der Waals surface area contributed by atoms with Crippen molar-refractivity contribution in [2.75, 3.05) is 0 Å². The van der Waals surface area contributed by atoms with Gasteiger partial charge in [0.05, 0.1) is 0 Å². The number of hydrogen-bond donors (Lipinski definition) is 0. The molecule has 2 rings (SSSR count). The second-order valence-electron chi connectivity index (χ2n) is 3.39. The van der Waals surface area contributed by atoms with E-state index in [0.29, 0.717) is 0 Å². The van der Waals surface area contributed by atoms with Crippen molar-refractivity contribution in [2.24, 2.45) is 7.05 Å². The molecule has 0 radical (unpaired) electrons. The summed E-state index contributed by atoms with van der Waals surface area (Å²) < 4.78 is 2.55. The third-order valence-corrected chi connectivity index (χ3v) is 2.97. The molecule has 0 fully saturated rings. The van der Waals surface area contributed by atoms with Gasteiger partial charge in [-0.3, -0.25) is 4.79 Å². The monoisotopic (exact) mass is 251 g/mol. The van der Waals surface area contributed by atoms with Gasteiger partial charge in [-0.05, 0) is 34.5 Å². The van der Waals surface area contributed by atoms with Crippen molar-refractivity contribution in [3.8, 4) is 0 Å². The SMILES string of the molecule is Cc1cccc2c(=O)n(C)cc(Br)c12. The van der Waals surface area contributed by atoms with Gasteiger partial charge in [0, 0.05) is 28.5 Å². The second-order valence-corrected chi connectivity index (χ2v) is 4.24. The van der Waals surface area contributed by atoms with Crippen molar-refractivity contribution in [3.63, 3.8) is 0 Å². The van der Waals surface area contributed by atoms with E-state index in [0.717, 1.165) is 20.8 Å². The Balaban J connectivity index is 3.10. The van der Waals surface area contributed by atoms with Crippen LogP contribution >= 0.6 is 15.9 Å². The number of fused-ring (bicyclic) bond motifs is 1. The maximum atomic E-state index is 11.8. The molecule has 0 aliphatic heterocycles. The number of aromatic nitrogens is 1. The number of rotatable bonds is 0. The Bertz CT molecular complexity index is 557. The van der Waals surface area contributed by atoms with Crippen LogP contribution in [0, 0.1) is 6.92 Å². The fourth-order valence-corrected chi connectivity index (χ4v) is 2.48. The molecule has 1 aromatic carbocycles. The van der Waals surface area contributed by atoms with Gasteiger partial charge >= 0.3 is 0 Å². The fourth-order valence-electron chi connectivity index (χ4n) is 1.65. The Morgan fingerprint density at radius 2 is 2.07 bits per heavy atom. The molecule has 0 unspecified atom stereocenters. The first-order valence-corrected chi connectivity index (χ1v) is 5.15. The lowest BCUT2D eigenvalue weighted by atomic mass is 10.1. The molecule has 2 aromatic rings. The van der Waals surface area contributed by atoms with Crippen molar-refractivity contribution in [1.29, 1.82) is 0 Å². The van der Waals surface area contributed by atoms with Crippen LogP contribution in [-0.4, -0.2) is 4.57 Å². The predicted octanol–water partition coefficient (Wildman–Crippen LogP) is 2.61. The van der Waals surface area contributed by atoms with E-state index in [1.54, 1.807) is 17.8 Å². The maximum absolute atomic E-state index is 11.8. The van der Waals surface area contributed by atoms with Crippen molar-refractivity contribution >= 4 is 26.7 Å². The van der Waals surface area contributed by atoms with E-state index in [4.69, 9.17) is 0 Å². The van der Waals surface area contributed by atoms with E-state index in [1.807, 2.05) is 25.1 Å². The quantitative estimate of drug-likeness (QED) is 0.706. The molecular weight excluding hydrogens is 242 g/mol. The Morgan fingerprint density at radius 3 is 2.79 bits per heavy atom. The van der Waals surface area contributed by atoms with Crippen molar-refractivity contribution in [3.05, 3.63) is 44.8 Å². The Hall–Kier alpha value is -1.09. The molecule has 0 aliphatic rings. The van der Waals surface area contributed by atoms with Crippen LogP contribution < -0.4 is 5.56 Å². The highest BCUT2D eigenvalue weighted by atomic mass is 79.9.